The predicted molar refractivity (Wildman–Crippen MR) is 83.0 cm³/mol. The van der Waals surface area contributed by atoms with E-state index in [2.05, 4.69) is 34.3 Å². The molecule has 2 rings (SSSR count). The van der Waals surface area contributed by atoms with Gasteiger partial charge in [-0.05, 0) is 60.1 Å². The zero-order valence-corrected chi connectivity index (χ0v) is 12.6. The summed E-state index contributed by atoms with van der Waals surface area (Å²) < 4.78 is 0. The topological polar surface area (TPSA) is 12.0 Å². The summed E-state index contributed by atoms with van der Waals surface area (Å²) in [7, 11) is 2.03. The molecule has 0 radical (unpaired) electrons. The lowest BCUT2D eigenvalue weighted by molar-refractivity contribution is 0.618. The fourth-order valence-electron chi connectivity index (χ4n) is 1.67. The van der Waals surface area contributed by atoms with Crippen molar-refractivity contribution in [3.63, 3.8) is 0 Å². The largest absolute Gasteiger partial charge is 0.316 e. The van der Waals surface area contributed by atoms with Gasteiger partial charge in [0.1, 0.15) is 0 Å². The third-order valence-corrected chi connectivity index (χ3v) is 4.89. The fraction of sp³-hybridized carbons (Fsp3) is 0.286. The van der Waals surface area contributed by atoms with Crippen molar-refractivity contribution in [3.8, 4) is 0 Å². The number of nitrogens with one attached hydrogen (secondary N) is 1. The van der Waals surface area contributed by atoms with Gasteiger partial charge in [0.05, 0.1) is 0 Å². The second kappa shape index (κ2) is 7.19. The van der Waals surface area contributed by atoms with Crippen molar-refractivity contribution in [3.05, 3.63) is 51.7 Å². The summed E-state index contributed by atoms with van der Waals surface area (Å²) in [6, 6.07) is 10.7. The van der Waals surface area contributed by atoms with E-state index in [1.807, 2.05) is 30.9 Å². The Morgan fingerprint density at radius 1 is 1.28 bits per heavy atom. The molecule has 0 spiro atoms. The van der Waals surface area contributed by atoms with Crippen LogP contribution in [0.15, 0.2) is 46.0 Å². The SMILES string of the molecule is CNC(CSc1ccc(Cl)cc1)Cc1ccsc1. The molecule has 0 aliphatic heterocycles. The van der Waals surface area contributed by atoms with Gasteiger partial charge >= 0.3 is 0 Å². The molecule has 96 valence electrons. The monoisotopic (exact) mass is 297 g/mol. The van der Waals surface area contributed by atoms with Crippen LogP contribution in [0.5, 0.6) is 0 Å². The zero-order chi connectivity index (χ0) is 12.8. The van der Waals surface area contributed by atoms with E-state index in [1.165, 1.54) is 10.5 Å². The van der Waals surface area contributed by atoms with E-state index in [9.17, 15) is 0 Å². The summed E-state index contributed by atoms with van der Waals surface area (Å²) in [5.41, 5.74) is 1.41. The second-order valence-corrected chi connectivity index (χ2v) is 6.40. The fourth-order valence-corrected chi connectivity index (χ4v) is 3.48. The summed E-state index contributed by atoms with van der Waals surface area (Å²) in [4.78, 5) is 1.27. The molecule has 1 nitrogen and oxygen atoms in total. The number of hydrogen-bond donors (Lipinski definition) is 1. The molecule has 0 bridgehead atoms. The van der Waals surface area contributed by atoms with Crippen molar-refractivity contribution < 1.29 is 0 Å². The van der Waals surface area contributed by atoms with Gasteiger partial charge in [0.25, 0.3) is 0 Å². The molecule has 4 heteroatoms. The highest BCUT2D eigenvalue weighted by molar-refractivity contribution is 7.99. The predicted octanol–water partition coefficient (Wildman–Crippen LogP) is 4.32. The molecule has 0 amide bonds. The van der Waals surface area contributed by atoms with Crippen molar-refractivity contribution in [2.75, 3.05) is 12.8 Å². The Balaban J connectivity index is 1.85. The Labute approximate surface area is 122 Å². The van der Waals surface area contributed by atoms with Gasteiger partial charge in [0.2, 0.25) is 0 Å². The van der Waals surface area contributed by atoms with Gasteiger partial charge in [-0.2, -0.15) is 11.3 Å². The molecule has 0 fully saturated rings. The van der Waals surface area contributed by atoms with Gasteiger partial charge in [-0.15, -0.1) is 11.8 Å². The van der Waals surface area contributed by atoms with E-state index in [0.29, 0.717) is 6.04 Å². The number of hydrogen-bond acceptors (Lipinski definition) is 3. The van der Waals surface area contributed by atoms with Crippen LogP contribution < -0.4 is 5.32 Å². The number of benzene rings is 1. The summed E-state index contributed by atoms with van der Waals surface area (Å²) >= 11 is 9.50. The van der Waals surface area contributed by atoms with Crippen molar-refractivity contribution >= 4 is 34.7 Å². The van der Waals surface area contributed by atoms with Crippen molar-refractivity contribution in [1.29, 1.82) is 0 Å². The van der Waals surface area contributed by atoms with Crippen LogP contribution in [-0.2, 0) is 6.42 Å². The Hall–Kier alpha value is -0.480. The smallest absolute Gasteiger partial charge is 0.0406 e. The van der Waals surface area contributed by atoms with Gasteiger partial charge in [-0.1, -0.05) is 11.6 Å². The minimum Gasteiger partial charge on any atom is -0.316 e. The minimum atomic E-state index is 0.500. The Bertz CT molecular complexity index is 453. The van der Waals surface area contributed by atoms with Gasteiger partial charge in [-0.25, -0.2) is 0 Å². The summed E-state index contributed by atoms with van der Waals surface area (Å²) in [6.45, 7) is 0. The van der Waals surface area contributed by atoms with Gasteiger partial charge in [-0.3, -0.25) is 0 Å². The zero-order valence-electron chi connectivity index (χ0n) is 10.2. The molecule has 1 atom stereocenters. The van der Waals surface area contributed by atoms with Gasteiger partial charge in [0, 0.05) is 21.7 Å². The van der Waals surface area contributed by atoms with Gasteiger partial charge < -0.3 is 5.32 Å². The summed E-state index contributed by atoms with van der Waals surface area (Å²) in [5.74, 6) is 1.06. The van der Waals surface area contributed by atoms with E-state index in [4.69, 9.17) is 11.6 Å². The number of halogens is 1. The first-order valence-corrected chi connectivity index (χ1v) is 8.15. The van der Waals surface area contributed by atoms with E-state index in [-0.39, 0.29) is 0 Å². The van der Waals surface area contributed by atoms with Crippen molar-refractivity contribution in [2.24, 2.45) is 0 Å². The molecular formula is C14H16ClNS2. The third kappa shape index (κ3) is 4.32. The van der Waals surface area contributed by atoms with E-state index in [1.54, 1.807) is 11.3 Å². The Morgan fingerprint density at radius 3 is 2.67 bits per heavy atom. The molecule has 1 unspecified atom stereocenters. The van der Waals surface area contributed by atoms with Crippen LogP contribution in [0.1, 0.15) is 5.56 Å². The Kier molecular flexibility index (Phi) is 5.57. The van der Waals surface area contributed by atoms with E-state index >= 15 is 0 Å². The van der Waals surface area contributed by atoms with Crippen LogP contribution in [0.4, 0.5) is 0 Å². The van der Waals surface area contributed by atoms with Crippen molar-refractivity contribution in [1.82, 2.24) is 5.32 Å². The maximum absolute atomic E-state index is 5.88. The highest BCUT2D eigenvalue weighted by Gasteiger charge is 2.08. The van der Waals surface area contributed by atoms with E-state index in [0.717, 1.165) is 17.2 Å². The standard InChI is InChI=1S/C14H16ClNS2/c1-16-13(8-11-6-7-17-9-11)10-18-14-4-2-12(15)3-5-14/h2-7,9,13,16H,8,10H2,1H3. The lowest BCUT2D eigenvalue weighted by Crippen LogP contribution is -2.29. The van der Waals surface area contributed by atoms with Crippen LogP contribution in [-0.4, -0.2) is 18.8 Å². The lowest BCUT2D eigenvalue weighted by atomic mass is 10.1. The molecule has 1 heterocycles. The first kappa shape index (κ1) is 13.9. The first-order valence-electron chi connectivity index (χ1n) is 5.84. The molecule has 0 saturated heterocycles. The quantitative estimate of drug-likeness (QED) is 0.797. The van der Waals surface area contributed by atoms with E-state index < -0.39 is 0 Å². The molecular weight excluding hydrogens is 282 g/mol. The van der Waals surface area contributed by atoms with Crippen LogP contribution in [0.3, 0.4) is 0 Å². The van der Waals surface area contributed by atoms with Crippen LogP contribution in [0, 0.1) is 0 Å². The summed E-state index contributed by atoms with van der Waals surface area (Å²) in [5, 5.41) is 8.53. The van der Waals surface area contributed by atoms with Crippen molar-refractivity contribution in [2.45, 2.75) is 17.4 Å². The lowest BCUT2D eigenvalue weighted by Gasteiger charge is -2.15. The molecule has 1 N–H and O–H groups in total. The number of thioether (sulfide) groups is 1. The molecule has 1 aromatic carbocycles. The first-order chi connectivity index (χ1) is 8.78. The molecule has 0 saturated carbocycles. The molecule has 18 heavy (non-hydrogen) atoms. The number of thiophene rings is 1. The molecule has 0 aliphatic rings. The van der Waals surface area contributed by atoms with Crippen LogP contribution in [0.25, 0.3) is 0 Å². The number of likely N-dealkylation sites (N-methyl/N-ethyl adjacent to an activating group) is 1. The third-order valence-electron chi connectivity index (χ3n) is 2.74. The minimum absolute atomic E-state index is 0.500. The molecule has 0 aliphatic carbocycles. The van der Waals surface area contributed by atoms with Crippen LogP contribution >= 0.6 is 34.7 Å². The normalized spacial score (nSPS) is 12.6. The molecule has 1 aromatic heterocycles. The molecule has 2 aromatic rings. The average Bonchev–Trinajstić information content (AvgIpc) is 2.89. The van der Waals surface area contributed by atoms with Crippen LogP contribution in [0.2, 0.25) is 5.02 Å². The summed E-state index contributed by atoms with van der Waals surface area (Å²) in [6.07, 6.45) is 1.08. The highest BCUT2D eigenvalue weighted by atomic mass is 35.5. The second-order valence-electron chi connectivity index (χ2n) is 4.09. The van der Waals surface area contributed by atoms with Gasteiger partial charge in [0.15, 0.2) is 0 Å². The highest BCUT2D eigenvalue weighted by Crippen LogP contribution is 2.22. The number of rotatable bonds is 6. The maximum Gasteiger partial charge on any atom is 0.0406 e. The Morgan fingerprint density at radius 2 is 2.06 bits per heavy atom. The maximum atomic E-state index is 5.88. The average molecular weight is 298 g/mol.